The normalized spacial score (nSPS) is 20.1. The molecular formula is C21H24F3N5O3S. The molecular weight excluding hydrogens is 459 g/mol. The summed E-state index contributed by atoms with van der Waals surface area (Å²) in [5.41, 5.74) is -0.378. The van der Waals surface area contributed by atoms with E-state index in [1.165, 1.54) is 22.5 Å². The molecule has 0 spiro atoms. The zero-order chi connectivity index (χ0) is 23.8. The highest BCUT2D eigenvalue weighted by Gasteiger charge is 2.44. The summed E-state index contributed by atoms with van der Waals surface area (Å²) < 4.78 is 46.6. The molecule has 2 aromatic rings. The Morgan fingerprint density at radius 2 is 1.97 bits per heavy atom. The summed E-state index contributed by atoms with van der Waals surface area (Å²) in [5.74, 6) is 0.236. The molecule has 1 aromatic carbocycles. The van der Waals surface area contributed by atoms with Crippen LogP contribution in [-0.2, 0) is 17.3 Å². The molecule has 0 bridgehead atoms. The van der Waals surface area contributed by atoms with Crippen LogP contribution in [0.2, 0.25) is 0 Å². The van der Waals surface area contributed by atoms with E-state index in [1.54, 1.807) is 17.9 Å². The molecule has 178 valence electrons. The fourth-order valence-corrected chi connectivity index (χ4v) is 5.34. The minimum Gasteiger partial charge on any atom is -0.450 e. The average Bonchev–Trinajstić information content (AvgIpc) is 3.33. The molecule has 0 saturated carbocycles. The molecule has 0 aliphatic carbocycles. The Labute approximate surface area is 193 Å². The van der Waals surface area contributed by atoms with Crippen LogP contribution in [0, 0.1) is 0 Å². The SMILES string of the molecule is CCOC(=O)N1CCN(C(c2cccc(C(F)(F)F)c2)C2Sc3nc(CC)nn3C2=O)CC1. The van der Waals surface area contributed by atoms with Gasteiger partial charge in [0.15, 0.2) is 11.0 Å². The summed E-state index contributed by atoms with van der Waals surface area (Å²) in [6, 6.07) is 4.45. The number of fused-ring (bicyclic) bond motifs is 1. The highest BCUT2D eigenvalue weighted by atomic mass is 32.2. The summed E-state index contributed by atoms with van der Waals surface area (Å²) in [4.78, 5) is 33.2. The van der Waals surface area contributed by atoms with E-state index in [4.69, 9.17) is 4.74 Å². The van der Waals surface area contributed by atoms with Crippen LogP contribution in [0.5, 0.6) is 0 Å². The van der Waals surface area contributed by atoms with Crippen molar-refractivity contribution in [2.75, 3.05) is 32.8 Å². The maximum Gasteiger partial charge on any atom is 0.416 e. The third-order valence-corrected chi connectivity index (χ3v) is 6.89. The number of piperazine rings is 1. The van der Waals surface area contributed by atoms with Crippen molar-refractivity contribution in [2.24, 2.45) is 0 Å². The van der Waals surface area contributed by atoms with Crippen molar-refractivity contribution in [3.63, 3.8) is 0 Å². The number of carbonyl (C=O) groups is 2. The highest BCUT2D eigenvalue weighted by Crippen LogP contribution is 2.42. The van der Waals surface area contributed by atoms with Crippen molar-refractivity contribution in [1.82, 2.24) is 24.6 Å². The first-order chi connectivity index (χ1) is 15.7. The van der Waals surface area contributed by atoms with Crippen molar-refractivity contribution < 1.29 is 27.5 Å². The minimum atomic E-state index is -4.50. The van der Waals surface area contributed by atoms with E-state index in [0.717, 1.165) is 12.1 Å². The number of nitrogens with zero attached hydrogens (tertiary/aromatic N) is 5. The number of thioether (sulfide) groups is 1. The number of aryl methyl sites for hydroxylation is 1. The van der Waals surface area contributed by atoms with Gasteiger partial charge in [0.25, 0.3) is 5.91 Å². The first-order valence-electron chi connectivity index (χ1n) is 10.7. The van der Waals surface area contributed by atoms with Crippen molar-refractivity contribution >= 4 is 23.8 Å². The van der Waals surface area contributed by atoms with Gasteiger partial charge in [0.05, 0.1) is 18.2 Å². The Bertz CT molecular complexity index is 1040. The predicted octanol–water partition coefficient (Wildman–Crippen LogP) is 3.49. The van der Waals surface area contributed by atoms with Gasteiger partial charge in [-0.05, 0) is 24.6 Å². The lowest BCUT2D eigenvalue weighted by atomic mass is 9.98. The summed E-state index contributed by atoms with van der Waals surface area (Å²) in [7, 11) is 0. The number of hydrogen-bond donors (Lipinski definition) is 0. The number of hydrogen-bond acceptors (Lipinski definition) is 7. The molecule has 33 heavy (non-hydrogen) atoms. The Morgan fingerprint density at radius 3 is 2.58 bits per heavy atom. The van der Waals surface area contributed by atoms with Gasteiger partial charge in [-0.1, -0.05) is 30.8 Å². The summed E-state index contributed by atoms with van der Waals surface area (Å²) in [6.07, 6.45) is -4.35. The summed E-state index contributed by atoms with van der Waals surface area (Å²) >= 11 is 1.22. The van der Waals surface area contributed by atoms with E-state index < -0.39 is 29.1 Å². The largest absolute Gasteiger partial charge is 0.450 e. The Morgan fingerprint density at radius 1 is 1.24 bits per heavy atom. The number of alkyl halides is 3. The first-order valence-corrected chi connectivity index (χ1v) is 11.6. The van der Waals surface area contributed by atoms with Crippen LogP contribution >= 0.6 is 11.8 Å². The molecule has 2 atom stereocenters. The van der Waals surface area contributed by atoms with Crippen LogP contribution in [0.4, 0.5) is 18.0 Å². The molecule has 2 unspecified atom stereocenters. The lowest BCUT2D eigenvalue weighted by molar-refractivity contribution is -0.137. The molecule has 12 heteroatoms. The standard InChI is InChI=1S/C21H24F3N5O3S/c1-3-15-25-19-29(26-15)18(30)17(33-19)16(13-6-5-7-14(12-13)21(22,23)24)27-8-10-28(11-9-27)20(31)32-4-2/h5-7,12,16-17H,3-4,8-11H2,1-2H3. The molecule has 1 aromatic heterocycles. The van der Waals surface area contributed by atoms with Crippen molar-refractivity contribution in [3.8, 4) is 0 Å². The third-order valence-electron chi connectivity index (χ3n) is 5.70. The highest BCUT2D eigenvalue weighted by molar-refractivity contribution is 8.00. The van der Waals surface area contributed by atoms with Gasteiger partial charge in [-0.2, -0.15) is 17.9 Å². The fraction of sp³-hybridized carbons (Fsp3) is 0.524. The van der Waals surface area contributed by atoms with Gasteiger partial charge in [-0.3, -0.25) is 9.69 Å². The topological polar surface area (TPSA) is 80.6 Å². The second kappa shape index (κ2) is 9.34. The maximum absolute atomic E-state index is 13.4. The fourth-order valence-electron chi connectivity index (χ4n) is 4.07. The van der Waals surface area contributed by atoms with E-state index in [0.29, 0.717) is 49.1 Å². The molecule has 3 heterocycles. The van der Waals surface area contributed by atoms with E-state index in [-0.39, 0.29) is 12.5 Å². The quantitative estimate of drug-likeness (QED) is 0.644. The zero-order valence-corrected chi connectivity index (χ0v) is 19.0. The Hall–Kier alpha value is -2.60. The monoisotopic (exact) mass is 483 g/mol. The van der Waals surface area contributed by atoms with Gasteiger partial charge in [-0.25, -0.2) is 9.78 Å². The molecule has 1 fully saturated rings. The maximum atomic E-state index is 13.4. The minimum absolute atomic E-state index is 0.261. The van der Waals surface area contributed by atoms with E-state index >= 15 is 0 Å². The van der Waals surface area contributed by atoms with Gasteiger partial charge >= 0.3 is 12.3 Å². The summed E-state index contributed by atoms with van der Waals surface area (Å²) in [5, 5.41) is 3.98. The molecule has 0 N–H and O–H groups in total. The number of ether oxygens (including phenoxy) is 1. The van der Waals surface area contributed by atoms with Crippen LogP contribution in [0.1, 0.15) is 41.6 Å². The molecule has 4 rings (SSSR count). The smallest absolute Gasteiger partial charge is 0.416 e. The number of halogens is 3. The average molecular weight is 484 g/mol. The van der Waals surface area contributed by atoms with Gasteiger partial charge in [0.1, 0.15) is 5.25 Å². The predicted molar refractivity (Wildman–Crippen MR) is 114 cm³/mol. The second-order valence-electron chi connectivity index (χ2n) is 7.74. The van der Waals surface area contributed by atoms with Gasteiger partial charge in [0, 0.05) is 32.6 Å². The van der Waals surface area contributed by atoms with Gasteiger partial charge < -0.3 is 9.64 Å². The van der Waals surface area contributed by atoms with Crippen molar-refractivity contribution in [1.29, 1.82) is 0 Å². The number of rotatable bonds is 5. The number of amides is 1. The number of carbonyl (C=O) groups excluding carboxylic acids is 2. The second-order valence-corrected chi connectivity index (χ2v) is 8.85. The molecule has 8 nitrogen and oxygen atoms in total. The van der Waals surface area contributed by atoms with E-state index in [9.17, 15) is 22.8 Å². The lowest BCUT2D eigenvalue weighted by Gasteiger charge is -2.40. The Kier molecular flexibility index (Phi) is 6.66. The van der Waals surface area contributed by atoms with Crippen LogP contribution in [0.25, 0.3) is 0 Å². The Balaban J connectivity index is 1.64. The van der Waals surface area contributed by atoms with Crippen LogP contribution < -0.4 is 0 Å². The first kappa shape index (κ1) is 23.6. The zero-order valence-electron chi connectivity index (χ0n) is 18.2. The van der Waals surface area contributed by atoms with Crippen molar-refractivity contribution in [2.45, 2.75) is 42.9 Å². The van der Waals surface area contributed by atoms with Crippen LogP contribution in [-0.4, -0.2) is 74.6 Å². The number of aromatic nitrogens is 3. The lowest BCUT2D eigenvalue weighted by Crippen LogP contribution is -2.52. The molecule has 1 amide bonds. The van der Waals surface area contributed by atoms with Crippen molar-refractivity contribution in [3.05, 3.63) is 41.2 Å². The van der Waals surface area contributed by atoms with E-state index in [1.807, 2.05) is 11.8 Å². The number of benzene rings is 1. The molecule has 2 aliphatic rings. The molecule has 1 saturated heterocycles. The van der Waals surface area contributed by atoms with Crippen LogP contribution in [0.15, 0.2) is 29.4 Å². The van der Waals surface area contributed by atoms with Gasteiger partial charge in [-0.15, -0.1) is 5.10 Å². The molecule has 0 radical (unpaired) electrons. The third kappa shape index (κ3) is 4.72. The van der Waals surface area contributed by atoms with Crippen LogP contribution in [0.3, 0.4) is 0 Å². The van der Waals surface area contributed by atoms with Gasteiger partial charge in [0.2, 0.25) is 0 Å². The summed E-state index contributed by atoms with van der Waals surface area (Å²) in [6.45, 7) is 5.34. The van der Waals surface area contributed by atoms with E-state index in [2.05, 4.69) is 10.1 Å². The molecule has 2 aliphatic heterocycles.